The number of carbonyl (C=O) groups excluding carboxylic acids is 1. The number of hydrogen-bond donors (Lipinski definition) is 0. The Kier molecular flexibility index (Phi) is 2.51. The van der Waals surface area contributed by atoms with E-state index in [1.807, 2.05) is 9.58 Å². The Morgan fingerprint density at radius 3 is 2.90 bits per heavy atom. The molecule has 2 aromatic heterocycles. The topological polar surface area (TPSA) is 63.9 Å². The van der Waals surface area contributed by atoms with Crippen molar-refractivity contribution in [3.05, 3.63) is 17.7 Å². The molecule has 0 N–H and O–H groups in total. The predicted molar refractivity (Wildman–Crippen MR) is 73.3 cm³/mol. The zero-order valence-electron chi connectivity index (χ0n) is 11.0. The summed E-state index contributed by atoms with van der Waals surface area (Å²) in [7, 11) is 0. The highest BCUT2D eigenvalue weighted by Gasteiger charge is 2.47. The summed E-state index contributed by atoms with van der Waals surface area (Å²) in [5.41, 5.74) is 0.756. The van der Waals surface area contributed by atoms with Crippen molar-refractivity contribution in [1.29, 1.82) is 0 Å². The smallest absolute Gasteiger partial charge is 0.224 e. The molecule has 0 unspecified atom stereocenters. The van der Waals surface area contributed by atoms with E-state index in [2.05, 4.69) is 15.1 Å². The quantitative estimate of drug-likeness (QED) is 0.750. The van der Waals surface area contributed by atoms with Crippen LogP contribution in [-0.2, 0) is 4.79 Å². The van der Waals surface area contributed by atoms with E-state index < -0.39 is 0 Å². The van der Waals surface area contributed by atoms with Crippen LogP contribution in [0.4, 0.5) is 0 Å². The van der Waals surface area contributed by atoms with E-state index >= 15 is 0 Å². The lowest BCUT2D eigenvalue weighted by atomic mass is 10.1. The van der Waals surface area contributed by atoms with Gasteiger partial charge >= 0.3 is 0 Å². The van der Waals surface area contributed by atoms with E-state index in [1.54, 1.807) is 19.3 Å². The number of rotatable bonds is 1. The Labute approximate surface area is 120 Å². The zero-order chi connectivity index (χ0) is 13.9. The van der Waals surface area contributed by atoms with Crippen molar-refractivity contribution in [2.24, 2.45) is 5.92 Å². The maximum absolute atomic E-state index is 11.7. The fourth-order valence-corrected chi connectivity index (χ4v) is 3.80. The SMILES string of the molecule is CC(=O)N1C[C@H]2C[C@@H]1[C@@H](n1ncc3cnc(Cl)nc31)C2. The average Bonchev–Trinajstić information content (AvgIpc) is 3.10. The van der Waals surface area contributed by atoms with Crippen LogP contribution in [0.2, 0.25) is 5.28 Å². The molecule has 20 heavy (non-hydrogen) atoms. The van der Waals surface area contributed by atoms with Crippen LogP contribution in [0.5, 0.6) is 0 Å². The average molecular weight is 292 g/mol. The number of aromatic nitrogens is 4. The van der Waals surface area contributed by atoms with Gasteiger partial charge in [-0.1, -0.05) is 0 Å². The Balaban J connectivity index is 1.77. The van der Waals surface area contributed by atoms with Gasteiger partial charge in [-0.15, -0.1) is 0 Å². The first-order chi connectivity index (χ1) is 9.63. The van der Waals surface area contributed by atoms with Gasteiger partial charge in [-0.3, -0.25) is 4.79 Å². The van der Waals surface area contributed by atoms with Gasteiger partial charge in [0.05, 0.1) is 23.7 Å². The van der Waals surface area contributed by atoms with Crippen LogP contribution in [0, 0.1) is 5.92 Å². The van der Waals surface area contributed by atoms with Crippen LogP contribution in [0.15, 0.2) is 12.4 Å². The van der Waals surface area contributed by atoms with Gasteiger partial charge in [0.15, 0.2) is 5.65 Å². The summed E-state index contributed by atoms with van der Waals surface area (Å²) in [5.74, 6) is 0.719. The molecule has 1 aliphatic carbocycles. The number of nitrogens with zero attached hydrogens (tertiary/aromatic N) is 5. The summed E-state index contributed by atoms with van der Waals surface area (Å²) >= 11 is 5.88. The first-order valence-electron chi connectivity index (χ1n) is 6.76. The lowest BCUT2D eigenvalue weighted by Gasteiger charge is -2.32. The van der Waals surface area contributed by atoms with Crippen molar-refractivity contribution in [3.63, 3.8) is 0 Å². The van der Waals surface area contributed by atoms with Gasteiger partial charge in [-0.25, -0.2) is 9.67 Å². The summed E-state index contributed by atoms with van der Waals surface area (Å²) in [4.78, 5) is 21.9. The third-order valence-corrected chi connectivity index (χ3v) is 4.65. The monoisotopic (exact) mass is 291 g/mol. The number of piperidine rings is 1. The molecule has 0 radical (unpaired) electrons. The lowest BCUT2D eigenvalue weighted by Crippen LogP contribution is -2.42. The third-order valence-electron chi connectivity index (χ3n) is 4.47. The van der Waals surface area contributed by atoms with Crippen LogP contribution >= 0.6 is 11.6 Å². The van der Waals surface area contributed by atoms with Crippen LogP contribution in [-0.4, -0.2) is 43.1 Å². The molecule has 4 rings (SSSR count). The second-order valence-electron chi connectivity index (χ2n) is 5.65. The van der Waals surface area contributed by atoms with Crippen molar-refractivity contribution in [1.82, 2.24) is 24.6 Å². The molecule has 2 aliphatic rings. The summed E-state index contributed by atoms with van der Waals surface area (Å²) in [5, 5.41) is 5.56. The first kappa shape index (κ1) is 12.1. The molecule has 2 bridgehead atoms. The molecule has 2 aromatic rings. The first-order valence-corrected chi connectivity index (χ1v) is 7.14. The second kappa shape index (κ2) is 4.15. The molecular formula is C13H14ClN5O. The highest BCUT2D eigenvalue weighted by Crippen LogP contribution is 2.44. The van der Waals surface area contributed by atoms with Crippen LogP contribution < -0.4 is 0 Å². The highest BCUT2D eigenvalue weighted by molar-refractivity contribution is 6.28. The van der Waals surface area contributed by atoms with Crippen molar-refractivity contribution >= 4 is 28.5 Å². The van der Waals surface area contributed by atoms with Crippen LogP contribution in [0.25, 0.3) is 11.0 Å². The molecule has 0 spiro atoms. The van der Waals surface area contributed by atoms with Crippen molar-refractivity contribution in [2.75, 3.05) is 6.54 Å². The number of fused-ring (bicyclic) bond motifs is 3. The van der Waals surface area contributed by atoms with E-state index in [0.717, 1.165) is 30.4 Å². The van der Waals surface area contributed by atoms with Gasteiger partial charge in [0.1, 0.15) is 0 Å². The Morgan fingerprint density at radius 2 is 2.15 bits per heavy atom. The molecule has 0 aromatic carbocycles. The highest BCUT2D eigenvalue weighted by atomic mass is 35.5. The number of likely N-dealkylation sites (tertiary alicyclic amines) is 1. The lowest BCUT2D eigenvalue weighted by molar-refractivity contribution is -0.131. The zero-order valence-corrected chi connectivity index (χ0v) is 11.8. The molecule has 1 amide bonds. The standard InChI is InChI=1S/C13H14ClN5O/c1-7(20)18-6-8-2-10(18)11(3-8)19-12-9(5-16-19)4-15-13(14)17-12/h4-5,8,10-11H,2-3,6H2,1H3/t8-,10+,11-/m0/s1. The van der Waals surface area contributed by atoms with E-state index in [9.17, 15) is 4.79 Å². The molecule has 1 aliphatic heterocycles. The molecule has 6 nitrogen and oxygen atoms in total. The molecule has 3 atom stereocenters. The minimum absolute atomic E-state index is 0.145. The normalized spacial score (nSPS) is 28.5. The second-order valence-corrected chi connectivity index (χ2v) is 5.99. The Hall–Kier alpha value is -1.69. The Bertz CT molecular complexity index is 699. The van der Waals surface area contributed by atoms with Crippen LogP contribution in [0.3, 0.4) is 0 Å². The summed E-state index contributed by atoms with van der Waals surface area (Å²) in [6, 6.07) is 0.426. The number of halogens is 1. The number of amides is 1. The minimum Gasteiger partial charge on any atom is -0.338 e. The summed E-state index contributed by atoms with van der Waals surface area (Å²) < 4.78 is 1.92. The van der Waals surface area contributed by atoms with Crippen molar-refractivity contribution < 1.29 is 4.79 Å². The largest absolute Gasteiger partial charge is 0.338 e. The Morgan fingerprint density at radius 1 is 1.35 bits per heavy atom. The molecule has 104 valence electrons. The summed E-state index contributed by atoms with van der Waals surface area (Å²) in [6.45, 7) is 2.52. The van der Waals surface area contributed by atoms with Crippen molar-refractivity contribution in [3.8, 4) is 0 Å². The molecule has 2 fully saturated rings. The molecule has 7 heteroatoms. The predicted octanol–water partition coefficient (Wildman–Crippen LogP) is 1.66. The maximum atomic E-state index is 11.7. The fourth-order valence-electron chi connectivity index (χ4n) is 3.67. The van der Waals surface area contributed by atoms with Gasteiger partial charge < -0.3 is 4.90 Å². The van der Waals surface area contributed by atoms with Gasteiger partial charge in [0.25, 0.3) is 0 Å². The van der Waals surface area contributed by atoms with Gasteiger partial charge in [0.2, 0.25) is 11.2 Å². The van der Waals surface area contributed by atoms with Gasteiger partial charge in [0, 0.05) is 19.7 Å². The molecule has 1 saturated heterocycles. The molecule has 1 saturated carbocycles. The molecule has 3 heterocycles. The van der Waals surface area contributed by atoms with Crippen LogP contribution in [0.1, 0.15) is 25.8 Å². The molecular weight excluding hydrogens is 278 g/mol. The minimum atomic E-state index is 0.145. The van der Waals surface area contributed by atoms with Gasteiger partial charge in [-0.05, 0) is 30.4 Å². The van der Waals surface area contributed by atoms with E-state index in [4.69, 9.17) is 11.6 Å². The van der Waals surface area contributed by atoms with Gasteiger partial charge in [-0.2, -0.15) is 10.1 Å². The third kappa shape index (κ3) is 1.64. The van der Waals surface area contributed by atoms with E-state index in [-0.39, 0.29) is 23.3 Å². The van der Waals surface area contributed by atoms with E-state index in [0.29, 0.717) is 5.92 Å². The summed E-state index contributed by atoms with van der Waals surface area (Å²) in [6.07, 6.45) is 5.55. The van der Waals surface area contributed by atoms with Crippen molar-refractivity contribution in [2.45, 2.75) is 31.8 Å². The maximum Gasteiger partial charge on any atom is 0.224 e. The van der Waals surface area contributed by atoms with E-state index in [1.165, 1.54) is 0 Å². The fraction of sp³-hybridized carbons (Fsp3) is 0.538. The number of hydrogen-bond acceptors (Lipinski definition) is 4. The number of carbonyl (C=O) groups is 1.